The zero-order valence-electron chi connectivity index (χ0n) is 9.75. The Labute approximate surface area is 92.8 Å². The molecule has 0 bridgehead atoms. The molecule has 1 heterocycles. The van der Waals surface area contributed by atoms with Gasteiger partial charge in [-0.2, -0.15) is 11.8 Å². The summed E-state index contributed by atoms with van der Waals surface area (Å²) < 4.78 is 0. The highest BCUT2D eigenvalue weighted by molar-refractivity contribution is 7.98. The van der Waals surface area contributed by atoms with Gasteiger partial charge in [0, 0.05) is 25.2 Å². The second kappa shape index (κ2) is 6.70. The molecule has 1 saturated heterocycles. The number of nitrogens with one attached hydrogen (secondary N) is 1. The van der Waals surface area contributed by atoms with Crippen LogP contribution in [-0.4, -0.2) is 48.6 Å². The predicted molar refractivity (Wildman–Crippen MR) is 66.1 cm³/mol. The maximum absolute atomic E-state index is 3.56. The van der Waals surface area contributed by atoms with Crippen LogP contribution in [0.2, 0.25) is 0 Å². The van der Waals surface area contributed by atoms with Crippen molar-refractivity contribution in [3.8, 4) is 0 Å². The summed E-state index contributed by atoms with van der Waals surface area (Å²) in [4.78, 5) is 2.60. The monoisotopic (exact) mass is 216 g/mol. The first kappa shape index (κ1) is 12.3. The lowest BCUT2D eigenvalue weighted by molar-refractivity contribution is 0.172. The molecule has 1 aliphatic rings. The van der Waals surface area contributed by atoms with Gasteiger partial charge in [-0.1, -0.05) is 0 Å². The first-order chi connectivity index (χ1) is 6.72. The summed E-state index contributed by atoms with van der Waals surface area (Å²) in [7, 11) is 0. The Kier molecular flexibility index (Phi) is 5.90. The summed E-state index contributed by atoms with van der Waals surface area (Å²) in [6, 6.07) is 1.33. The molecule has 1 rings (SSSR count). The van der Waals surface area contributed by atoms with Gasteiger partial charge in [0.15, 0.2) is 0 Å². The van der Waals surface area contributed by atoms with E-state index in [4.69, 9.17) is 0 Å². The molecule has 0 radical (unpaired) electrons. The summed E-state index contributed by atoms with van der Waals surface area (Å²) in [6.07, 6.45) is 4.92. The molecule has 3 heteroatoms. The lowest BCUT2D eigenvalue weighted by atomic mass is 10.1. The molecule has 2 atom stereocenters. The Balaban J connectivity index is 2.10. The van der Waals surface area contributed by atoms with Crippen LogP contribution in [0.15, 0.2) is 0 Å². The van der Waals surface area contributed by atoms with Crippen molar-refractivity contribution in [2.24, 2.45) is 0 Å². The third-order valence-electron chi connectivity index (χ3n) is 2.71. The molecule has 0 spiro atoms. The first-order valence-electron chi connectivity index (χ1n) is 5.69. The van der Waals surface area contributed by atoms with Crippen molar-refractivity contribution < 1.29 is 0 Å². The van der Waals surface area contributed by atoms with Gasteiger partial charge in [-0.05, 0) is 45.2 Å². The van der Waals surface area contributed by atoms with Crippen molar-refractivity contribution in [3.63, 3.8) is 0 Å². The molecule has 1 N–H and O–H groups in total. The lowest BCUT2D eigenvalue weighted by Crippen LogP contribution is -2.54. The maximum Gasteiger partial charge on any atom is 0.0169 e. The van der Waals surface area contributed by atoms with Crippen molar-refractivity contribution in [2.45, 2.75) is 38.8 Å². The average molecular weight is 216 g/mol. The zero-order valence-corrected chi connectivity index (χ0v) is 10.6. The minimum absolute atomic E-state index is 0.666. The van der Waals surface area contributed by atoms with E-state index < -0.39 is 0 Å². The van der Waals surface area contributed by atoms with E-state index in [9.17, 15) is 0 Å². The van der Waals surface area contributed by atoms with Crippen LogP contribution in [0.1, 0.15) is 26.7 Å². The number of thioether (sulfide) groups is 1. The highest BCUT2D eigenvalue weighted by Crippen LogP contribution is 2.06. The van der Waals surface area contributed by atoms with Gasteiger partial charge >= 0.3 is 0 Å². The molecule has 1 fully saturated rings. The van der Waals surface area contributed by atoms with E-state index in [1.807, 2.05) is 11.8 Å². The zero-order chi connectivity index (χ0) is 10.4. The molecule has 0 saturated carbocycles. The molecular weight excluding hydrogens is 192 g/mol. The molecule has 0 amide bonds. The molecule has 0 aromatic heterocycles. The van der Waals surface area contributed by atoms with Crippen LogP contribution in [0.3, 0.4) is 0 Å². The predicted octanol–water partition coefficient (Wildman–Crippen LogP) is 1.81. The third-order valence-corrected chi connectivity index (χ3v) is 3.40. The van der Waals surface area contributed by atoms with Crippen molar-refractivity contribution in [3.05, 3.63) is 0 Å². The maximum atomic E-state index is 3.56. The van der Waals surface area contributed by atoms with Crippen molar-refractivity contribution in [2.75, 3.05) is 31.6 Å². The molecule has 84 valence electrons. The van der Waals surface area contributed by atoms with Crippen LogP contribution in [0, 0.1) is 0 Å². The van der Waals surface area contributed by atoms with E-state index in [1.54, 1.807) is 0 Å². The van der Waals surface area contributed by atoms with E-state index >= 15 is 0 Å². The van der Waals surface area contributed by atoms with E-state index in [-0.39, 0.29) is 0 Å². The van der Waals surface area contributed by atoms with Crippen LogP contribution in [0.5, 0.6) is 0 Å². The SMILES string of the molecule is CSCCCCN1CC(C)NC(C)C1. The molecule has 14 heavy (non-hydrogen) atoms. The van der Waals surface area contributed by atoms with Crippen LogP contribution < -0.4 is 5.32 Å². The summed E-state index contributed by atoms with van der Waals surface area (Å²) in [6.45, 7) is 8.30. The average Bonchev–Trinajstić information content (AvgIpc) is 2.11. The highest BCUT2D eigenvalue weighted by Gasteiger charge is 2.19. The smallest absolute Gasteiger partial charge is 0.0169 e. The minimum atomic E-state index is 0.666. The van der Waals surface area contributed by atoms with Gasteiger partial charge in [0.2, 0.25) is 0 Å². The van der Waals surface area contributed by atoms with Gasteiger partial charge in [-0.25, -0.2) is 0 Å². The first-order valence-corrected chi connectivity index (χ1v) is 7.09. The topological polar surface area (TPSA) is 15.3 Å². The molecule has 2 unspecified atom stereocenters. The van der Waals surface area contributed by atoms with Gasteiger partial charge in [0.05, 0.1) is 0 Å². The van der Waals surface area contributed by atoms with E-state index in [1.165, 1.54) is 38.2 Å². The largest absolute Gasteiger partial charge is 0.309 e. The van der Waals surface area contributed by atoms with Gasteiger partial charge in [-0.3, -0.25) is 0 Å². The second-order valence-corrected chi connectivity index (χ2v) is 5.41. The summed E-state index contributed by atoms with van der Waals surface area (Å²) in [5.74, 6) is 1.32. The Morgan fingerprint density at radius 1 is 1.21 bits per heavy atom. The van der Waals surface area contributed by atoms with E-state index in [2.05, 4.69) is 30.3 Å². The number of hydrogen-bond donors (Lipinski definition) is 1. The van der Waals surface area contributed by atoms with E-state index in [0.29, 0.717) is 12.1 Å². The van der Waals surface area contributed by atoms with Gasteiger partial charge in [0.1, 0.15) is 0 Å². The van der Waals surface area contributed by atoms with Crippen molar-refractivity contribution in [1.82, 2.24) is 10.2 Å². The summed E-state index contributed by atoms with van der Waals surface area (Å²) in [5.41, 5.74) is 0. The number of piperazine rings is 1. The third kappa shape index (κ3) is 4.67. The number of nitrogens with zero attached hydrogens (tertiary/aromatic N) is 1. The van der Waals surface area contributed by atoms with Crippen LogP contribution in [-0.2, 0) is 0 Å². The normalized spacial score (nSPS) is 29.4. The Hall–Kier alpha value is 0.270. The number of hydrogen-bond acceptors (Lipinski definition) is 3. The molecular formula is C11H24N2S. The van der Waals surface area contributed by atoms with Gasteiger partial charge < -0.3 is 10.2 Å². The van der Waals surface area contributed by atoms with Crippen molar-refractivity contribution >= 4 is 11.8 Å². The summed E-state index contributed by atoms with van der Waals surface area (Å²) in [5, 5.41) is 3.56. The minimum Gasteiger partial charge on any atom is -0.309 e. The van der Waals surface area contributed by atoms with Crippen LogP contribution >= 0.6 is 11.8 Å². The number of unbranched alkanes of at least 4 members (excludes halogenated alkanes) is 1. The highest BCUT2D eigenvalue weighted by atomic mass is 32.2. The summed E-state index contributed by atoms with van der Waals surface area (Å²) >= 11 is 1.96. The van der Waals surface area contributed by atoms with Crippen LogP contribution in [0.25, 0.3) is 0 Å². The molecule has 0 aromatic carbocycles. The van der Waals surface area contributed by atoms with Gasteiger partial charge in [0.25, 0.3) is 0 Å². The Morgan fingerprint density at radius 2 is 1.86 bits per heavy atom. The standard InChI is InChI=1S/C11H24N2S/c1-10-8-13(9-11(2)12-10)6-4-5-7-14-3/h10-12H,4-9H2,1-3H3. The number of rotatable bonds is 5. The van der Waals surface area contributed by atoms with Crippen LogP contribution in [0.4, 0.5) is 0 Å². The molecule has 0 aliphatic carbocycles. The van der Waals surface area contributed by atoms with Crippen molar-refractivity contribution in [1.29, 1.82) is 0 Å². The fourth-order valence-electron chi connectivity index (χ4n) is 2.20. The quantitative estimate of drug-likeness (QED) is 0.706. The molecule has 0 aromatic rings. The second-order valence-electron chi connectivity index (χ2n) is 4.43. The molecule has 1 aliphatic heterocycles. The Bertz CT molecular complexity index is 142. The fraction of sp³-hybridized carbons (Fsp3) is 1.00. The Morgan fingerprint density at radius 3 is 2.43 bits per heavy atom. The molecule has 2 nitrogen and oxygen atoms in total. The fourth-order valence-corrected chi connectivity index (χ4v) is 2.70. The van der Waals surface area contributed by atoms with Gasteiger partial charge in [-0.15, -0.1) is 0 Å². The lowest BCUT2D eigenvalue weighted by Gasteiger charge is -2.36. The van der Waals surface area contributed by atoms with E-state index in [0.717, 1.165) is 0 Å².